The summed E-state index contributed by atoms with van der Waals surface area (Å²) >= 11 is 11.8. The average Bonchev–Trinajstić information content (AvgIpc) is 2.81. The molecule has 1 amide bonds. The van der Waals surface area contributed by atoms with Gasteiger partial charge in [-0.25, -0.2) is 9.50 Å². The van der Waals surface area contributed by atoms with E-state index in [9.17, 15) is 4.79 Å². The molecule has 3 aromatic rings. The number of amides is 1. The average molecular weight is 336 g/mol. The van der Waals surface area contributed by atoms with Crippen molar-refractivity contribution in [1.82, 2.24) is 19.6 Å². The molecule has 1 aromatic carbocycles. The van der Waals surface area contributed by atoms with Crippen molar-refractivity contribution in [2.75, 3.05) is 5.32 Å². The van der Waals surface area contributed by atoms with Crippen molar-refractivity contribution in [1.29, 1.82) is 0 Å². The third kappa shape index (κ3) is 2.88. The van der Waals surface area contributed by atoms with Crippen LogP contribution in [-0.2, 0) is 0 Å². The van der Waals surface area contributed by atoms with Gasteiger partial charge in [-0.2, -0.15) is 4.98 Å². The molecule has 1 N–H and O–H groups in total. The van der Waals surface area contributed by atoms with Crippen molar-refractivity contribution in [2.45, 2.75) is 13.8 Å². The molecule has 0 aliphatic heterocycles. The molecule has 0 saturated heterocycles. The van der Waals surface area contributed by atoms with Crippen LogP contribution in [0.15, 0.2) is 24.3 Å². The largest absolute Gasteiger partial charge is 0.319 e. The quantitative estimate of drug-likeness (QED) is 0.779. The minimum Gasteiger partial charge on any atom is -0.319 e. The monoisotopic (exact) mass is 335 g/mol. The number of nitrogens with one attached hydrogen (secondary N) is 1. The Morgan fingerprint density at radius 1 is 1.09 bits per heavy atom. The van der Waals surface area contributed by atoms with Gasteiger partial charge in [0.25, 0.3) is 11.7 Å². The standard InChI is InChI=1S/C14H11Cl2N5O/c1-7-3-8(2)21-14(17-7)19-12(20-21)13(22)18-11-5-9(15)4-10(16)6-11/h3-6H,1-2H3,(H,18,22). The van der Waals surface area contributed by atoms with Gasteiger partial charge in [-0.3, -0.25) is 4.79 Å². The molecule has 2 heterocycles. The Morgan fingerprint density at radius 3 is 2.45 bits per heavy atom. The molecule has 0 fully saturated rings. The number of anilines is 1. The van der Waals surface area contributed by atoms with Crippen molar-refractivity contribution in [3.63, 3.8) is 0 Å². The fraction of sp³-hybridized carbons (Fsp3) is 0.143. The minimum absolute atomic E-state index is 0.0253. The topological polar surface area (TPSA) is 72.2 Å². The predicted molar refractivity (Wildman–Crippen MR) is 84.7 cm³/mol. The molecular weight excluding hydrogens is 325 g/mol. The first kappa shape index (κ1) is 14.7. The smallest absolute Gasteiger partial charge is 0.295 e. The third-order valence-corrected chi connectivity index (χ3v) is 3.38. The Kier molecular flexibility index (Phi) is 3.72. The van der Waals surface area contributed by atoms with Crippen molar-refractivity contribution >= 4 is 40.6 Å². The first-order valence-electron chi connectivity index (χ1n) is 6.41. The van der Waals surface area contributed by atoms with Crippen LogP contribution in [-0.4, -0.2) is 25.5 Å². The first-order valence-corrected chi connectivity index (χ1v) is 7.16. The molecule has 3 rings (SSSR count). The van der Waals surface area contributed by atoms with Crippen LogP contribution in [0.2, 0.25) is 10.0 Å². The fourth-order valence-electron chi connectivity index (χ4n) is 2.08. The van der Waals surface area contributed by atoms with E-state index in [-0.39, 0.29) is 5.82 Å². The number of hydrogen-bond donors (Lipinski definition) is 1. The number of aryl methyl sites for hydroxylation is 2. The lowest BCUT2D eigenvalue weighted by atomic mass is 10.3. The molecular formula is C14H11Cl2N5O. The molecule has 0 aliphatic carbocycles. The van der Waals surface area contributed by atoms with Crippen molar-refractivity contribution in [3.8, 4) is 0 Å². The van der Waals surface area contributed by atoms with Gasteiger partial charge in [-0.05, 0) is 38.1 Å². The minimum atomic E-state index is -0.458. The Bertz CT molecular complexity index is 870. The molecule has 0 spiro atoms. The van der Waals surface area contributed by atoms with Crippen LogP contribution in [0.25, 0.3) is 5.78 Å². The van der Waals surface area contributed by atoms with Crippen molar-refractivity contribution < 1.29 is 4.79 Å². The number of carbonyl (C=O) groups excluding carboxylic acids is 1. The third-order valence-electron chi connectivity index (χ3n) is 2.94. The Labute approximate surface area is 136 Å². The molecule has 112 valence electrons. The molecule has 6 nitrogen and oxygen atoms in total. The van der Waals surface area contributed by atoms with E-state index in [4.69, 9.17) is 23.2 Å². The van der Waals surface area contributed by atoms with Crippen LogP contribution >= 0.6 is 23.2 Å². The van der Waals surface area contributed by atoms with Gasteiger partial charge in [0, 0.05) is 27.1 Å². The zero-order chi connectivity index (χ0) is 15.9. The summed E-state index contributed by atoms with van der Waals surface area (Å²) in [5.41, 5.74) is 2.13. The zero-order valence-electron chi connectivity index (χ0n) is 11.8. The number of carbonyl (C=O) groups is 1. The van der Waals surface area contributed by atoms with Crippen LogP contribution in [0.1, 0.15) is 22.0 Å². The molecule has 22 heavy (non-hydrogen) atoms. The van der Waals surface area contributed by atoms with Crippen LogP contribution < -0.4 is 5.32 Å². The Balaban J connectivity index is 1.93. The summed E-state index contributed by atoms with van der Waals surface area (Å²) in [4.78, 5) is 20.6. The maximum absolute atomic E-state index is 12.2. The Hall–Kier alpha value is -2.18. The number of benzene rings is 1. The number of nitrogens with zero attached hydrogens (tertiary/aromatic N) is 4. The second-order valence-corrected chi connectivity index (χ2v) is 5.67. The first-order chi connectivity index (χ1) is 10.4. The predicted octanol–water partition coefficient (Wildman–Crippen LogP) is 3.30. The van der Waals surface area contributed by atoms with Gasteiger partial charge >= 0.3 is 0 Å². The van der Waals surface area contributed by atoms with E-state index >= 15 is 0 Å². The second-order valence-electron chi connectivity index (χ2n) is 4.80. The maximum Gasteiger partial charge on any atom is 0.295 e. The summed E-state index contributed by atoms with van der Waals surface area (Å²) in [6, 6.07) is 6.63. The summed E-state index contributed by atoms with van der Waals surface area (Å²) in [7, 11) is 0. The van der Waals surface area contributed by atoms with Gasteiger partial charge in [0.2, 0.25) is 5.82 Å². The lowest BCUT2D eigenvalue weighted by molar-refractivity contribution is 0.101. The van der Waals surface area contributed by atoms with Gasteiger partial charge in [-0.15, -0.1) is 5.10 Å². The molecule has 8 heteroatoms. The van der Waals surface area contributed by atoms with Crippen LogP contribution in [0.5, 0.6) is 0 Å². The fourth-order valence-corrected chi connectivity index (χ4v) is 2.60. The van der Waals surface area contributed by atoms with Crippen molar-refractivity contribution in [3.05, 3.63) is 51.5 Å². The molecule has 0 radical (unpaired) electrons. The van der Waals surface area contributed by atoms with E-state index in [0.29, 0.717) is 21.5 Å². The maximum atomic E-state index is 12.2. The van der Waals surface area contributed by atoms with E-state index in [2.05, 4.69) is 20.4 Å². The molecule has 0 aliphatic rings. The summed E-state index contributed by atoms with van der Waals surface area (Å²) in [6.45, 7) is 3.73. The summed E-state index contributed by atoms with van der Waals surface area (Å²) in [5.74, 6) is -0.0510. The number of rotatable bonds is 2. The SMILES string of the molecule is Cc1cc(C)n2nc(C(=O)Nc3cc(Cl)cc(Cl)c3)nc2n1. The van der Waals surface area contributed by atoms with E-state index < -0.39 is 5.91 Å². The number of aromatic nitrogens is 4. The normalized spacial score (nSPS) is 10.9. The number of halogens is 2. The zero-order valence-corrected chi connectivity index (χ0v) is 13.3. The lowest BCUT2D eigenvalue weighted by Crippen LogP contribution is -2.14. The summed E-state index contributed by atoms with van der Waals surface area (Å²) in [6.07, 6.45) is 0. The van der Waals surface area contributed by atoms with Crippen LogP contribution in [0.3, 0.4) is 0 Å². The van der Waals surface area contributed by atoms with Gasteiger partial charge in [0.1, 0.15) is 0 Å². The number of hydrogen-bond acceptors (Lipinski definition) is 4. The summed E-state index contributed by atoms with van der Waals surface area (Å²) in [5, 5.41) is 7.68. The lowest BCUT2D eigenvalue weighted by Gasteiger charge is -2.03. The highest BCUT2D eigenvalue weighted by atomic mass is 35.5. The molecule has 0 atom stereocenters. The van der Waals surface area contributed by atoms with Crippen LogP contribution in [0, 0.1) is 13.8 Å². The second kappa shape index (κ2) is 5.55. The van der Waals surface area contributed by atoms with Gasteiger partial charge in [-0.1, -0.05) is 23.2 Å². The van der Waals surface area contributed by atoms with E-state index in [1.165, 1.54) is 4.52 Å². The summed E-state index contributed by atoms with van der Waals surface area (Å²) < 4.78 is 1.52. The molecule has 0 unspecified atom stereocenters. The van der Waals surface area contributed by atoms with Crippen LogP contribution in [0.4, 0.5) is 5.69 Å². The molecule has 2 aromatic heterocycles. The number of fused-ring (bicyclic) bond motifs is 1. The van der Waals surface area contributed by atoms with Gasteiger partial charge < -0.3 is 5.32 Å². The highest BCUT2D eigenvalue weighted by Crippen LogP contribution is 2.22. The highest BCUT2D eigenvalue weighted by molar-refractivity contribution is 6.35. The van der Waals surface area contributed by atoms with Gasteiger partial charge in [0.15, 0.2) is 0 Å². The van der Waals surface area contributed by atoms with E-state index in [0.717, 1.165) is 11.4 Å². The molecule has 0 bridgehead atoms. The highest BCUT2D eigenvalue weighted by Gasteiger charge is 2.15. The van der Waals surface area contributed by atoms with E-state index in [1.807, 2.05) is 19.9 Å². The molecule has 0 saturated carbocycles. The van der Waals surface area contributed by atoms with E-state index in [1.54, 1.807) is 18.2 Å². The Morgan fingerprint density at radius 2 is 1.77 bits per heavy atom. The van der Waals surface area contributed by atoms with Crippen molar-refractivity contribution in [2.24, 2.45) is 0 Å². The van der Waals surface area contributed by atoms with Gasteiger partial charge in [0.05, 0.1) is 0 Å².